The normalized spacial score (nSPS) is 12.2. The average Bonchev–Trinajstić information content (AvgIpc) is 3.11. The number of hydrogen-bond donors (Lipinski definition) is 0. The SMILES string of the molecule is O=c1c(=Cc2ccccc2Cl)sc2nnc(-c3ccccc3Cl)n12. The second-order valence-corrected chi connectivity index (χ2v) is 6.88. The summed E-state index contributed by atoms with van der Waals surface area (Å²) in [6, 6.07) is 14.6. The van der Waals surface area contributed by atoms with E-state index >= 15 is 0 Å². The van der Waals surface area contributed by atoms with Crippen LogP contribution in [-0.2, 0) is 0 Å². The van der Waals surface area contributed by atoms with Gasteiger partial charge in [0.05, 0.1) is 9.55 Å². The third kappa shape index (κ3) is 2.51. The molecule has 0 saturated heterocycles. The van der Waals surface area contributed by atoms with E-state index < -0.39 is 0 Å². The second-order valence-electron chi connectivity index (χ2n) is 5.06. The molecule has 0 fully saturated rings. The van der Waals surface area contributed by atoms with E-state index in [9.17, 15) is 4.79 Å². The molecule has 2 aromatic heterocycles. The Balaban J connectivity index is 1.97. The molecule has 0 atom stereocenters. The lowest BCUT2D eigenvalue weighted by atomic mass is 10.2. The van der Waals surface area contributed by atoms with Crippen molar-refractivity contribution in [1.82, 2.24) is 14.6 Å². The first-order chi connectivity index (χ1) is 11.6. The van der Waals surface area contributed by atoms with Crippen molar-refractivity contribution in [2.24, 2.45) is 0 Å². The number of rotatable bonds is 2. The fraction of sp³-hybridized carbons (Fsp3) is 0. The third-order valence-corrected chi connectivity index (χ3v) is 5.19. The number of benzene rings is 2. The van der Waals surface area contributed by atoms with Gasteiger partial charge in [0.2, 0.25) is 4.96 Å². The van der Waals surface area contributed by atoms with Gasteiger partial charge in [0.15, 0.2) is 5.82 Å². The zero-order valence-electron chi connectivity index (χ0n) is 12.1. The first-order valence-corrected chi connectivity index (χ1v) is 8.61. The lowest BCUT2D eigenvalue weighted by molar-refractivity contribution is 1.09. The number of thiazole rings is 1. The van der Waals surface area contributed by atoms with Crippen molar-refractivity contribution in [3.8, 4) is 11.4 Å². The zero-order chi connectivity index (χ0) is 16.7. The van der Waals surface area contributed by atoms with Gasteiger partial charge in [-0.05, 0) is 29.8 Å². The summed E-state index contributed by atoms with van der Waals surface area (Å²) in [6.45, 7) is 0. The Bertz CT molecular complexity index is 1170. The van der Waals surface area contributed by atoms with Crippen molar-refractivity contribution in [3.63, 3.8) is 0 Å². The molecule has 0 aliphatic rings. The summed E-state index contributed by atoms with van der Waals surface area (Å²) in [7, 11) is 0. The van der Waals surface area contributed by atoms with Gasteiger partial charge in [-0.3, -0.25) is 4.79 Å². The van der Waals surface area contributed by atoms with E-state index in [1.54, 1.807) is 18.2 Å². The van der Waals surface area contributed by atoms with Crippen LogP contribution in [0.3, 0.4) is 0 Å². The smallest absolute Gasteiger partial charge is 0.267 e. The number of nitrogens with zero attached hydrogens (tertiary/aromatic N) is 3. The molecule has 4 aromatic rings. The van der Waals surface area contributed by atoms with E-state index in [4.69, 9.17) is 23.2 Å². The first-order valence-electron chi connectivity index (χ1n) is 7.04. The largest absolute Gasteiger partial charge is 0.276 e. The van der Waals surface area contributed by atoms with E-state index in [1.165, 1.54) is 15.7 Å². The Morgan fingerprint density at radius 1 is 0.958 bits per heavy atom. The summed E-state index contributed by atoms with van der Waals surface area (Å²) < 4.78 is 2.02. The molecule has 2 heterocycles. The minimum atomic E-state index is -0.185. The van der Waals surface area contributed by atoms with Crippen molar-refractivity contribution < 1.29 is 0 Å². The van der Waals surface area contributed by atoms with Crippen molar-refractivity contribution >= 4 is 45.6 Å². The quantitative estimate of drug-likeness (QED) is 0.538. The van der Waals surface area contributed by atoms with Crippen molar-refractivity contribution in [3.05, 3.63) is 79.0 Å². The van der Waals surface area contributed by atoms with Crippen LogP contribution in [0.15, 0.2) is 53.3 Å². The third-order valence-electron chi connectivity index (χ3n) is 3.56. The minimum Gasteiger partial charge on any atom is -0.267 e. The molecule has 0 bridgehead atoms. The van der Waals surface area contributed by atoms with Crippen LogP contribution in [0.1, 0.15) is 5.56 Å². The van der Waals surface area contributed by atoms with Crippen LogP contribution in [0.4, 0.5) is 0 Å². The molecule has 118 valence electrons. The van der Waals surface area contributed by atoms with Crippen LogP contribution in [-0.4, -0.2) is 14.6 Å². The number of halogens is 2. The van der Waals surface area contributed by atoms with Crippen LogP contribution in [0.25, 0.3) is 22.4 Å². The fourth-order valence-electron chi connectivity index (χ4n) is 2.41. The monoisotopic (exact) mass is 373 g/mol. The van der Waals surface area contributed by atoms with Crippen LogP contribution in [0.5, 0.6) is 0 Å². The van der Waals surface area contributed by atoms with E-state index in [1.807, 2.05) is 36.4 Å². The molecule has 24 heavy (non-hydrogen) atoms. The number of aromatic nitrogens is 3. The van der Waals surface area contributed by atoms with E-state index in [0.29, 0.717) is 30.9 Å². The Labute approximate surface area is 150 Å². The molecule has 0 aliphatic carbocycles. The highest BCUT2D eigenvalue weighted by Gasteiger charge is 2.16. The lowest BCUT2D eigenvalue weighted by Crippen LogP contribution is -2.23. The second kappa shape index (κ2) is 6.02. The van der Waals surface area contributed by atoms with Crippen molar-refractivity contribution in [2.45, 2.75) is 0 Å². The predicted molar refractivity (Wildman–Crippen MR) is 97.8 cm³/mol. The Morgan fingerprint density at radius 2 is 1.67 bits per heavy atom. The van der Waals surface area contributed by atoms with E-state index in [0.717, 1.165) is 5.56 Å². The van der Waals surface area contributed by atoms with Crippen LogP contribution >= 0.6 is 34.5 Å². The van der Waals surface area contributed by atoms with E-state index in [2.05, 4.69) is 10.2 Å². The van der Waals surface area contributed by atoms with Gasteiger partial charge in [0.25, 0.3) is 5.56 Å². The average molecular weight is 374 g/mol. The maximum absolute atomic E-state index is 12.8. The molecule has 0 spiro atoms. The highest BCUT2D eigenvalue weighted by atomic mass is 35.5. The Morgan fingerprint density at radius 3 is 2.42 bits per heavy atom. The van der Waals surface area contributed by atoms with Crippen LogP contribution in [0, 0.1) is 0 Å². The summed E-state index contributed by atoms with van der Waals surface area (Å²) in [6.07, 6.45) is 1.76. The molecule has 7 heteroatoms. The van der Waals surface area contributed by atoms with Crippen LogP contribution < -0.4 is 10.1 Å². The van der Waals surface area contributed by atoms with Crippen molar-refractivity contribution in [1.29, 1.82) is 0 Å². The van der Waals surface area contributed by atoms with Gasteiger partial charge in [-0.25, -0.2) is 4.40 Å². The summed E-state index contributed by atoms with van der Waals surface area (Å²) in [4.78, 5) is 13.3. The van der Waals surface area contributed by atoms with Gasteiger partial charge in [0.1, 0.15) is 0 Å². The lowest BCUT2D eigenvalue weighted by Gasteiger charge is -1.99. The number of fused-ring (bicyclic) bond motifs is 1. The summed E-state index contributed by atoms with van der Waals surface area (Å²) in [5, 5.41) is 9.33. The molecule has 0 amide bonds. The Kier molecular flexibility index (Phi) is 3.84. The molecule has 2 aromatic carbocycles. The topological polar surface area (TPSA) is 47.3 Å². The van der Waals surface area contributed by atoms with Gasteiger partial charge in [-0.2, -0.15) is 0 Å². The van der Waals surface area contributed by atoms with E-state index in [-0.39, 0.29) is 5.56 Å². The van der Waals surface area contributed by atoms with Gasteiger partial charge < -0.3 is 0 Å². The Hall–Kier alpha value is -2.21. The molecule has 4 nitrogen and oxygen atoms in total. The zero-order valence-corrected chi connectivity index (χ0v) is 14.4. The summed E-state index contributed by atoms with van der Waals surface area (Å²) in [5.41, 5.74) is 1.27. The highest BCUT2D eigenvalue weighted by Crippen LogP contribution is 2.26. The summed E-state index contributed by atoms with van der Waals surface area (Å²) >= 11 is 13.7. The minimum absolute atomic E-state index is 0.185. The van der Waals surface area contributed by atoms with Gasteiger partial charge >= 0.3 is 0 Å². The first kappa shape index (κ1) is 15.3. The maximum atomic E-state index is 12.8. The molecular weight excluding hydrogens is 365 g/mol. The predicted octanol–water partition coefficient (Wildman–Crippen LogP) is 3.67. The molecule has 0 unspecified atom stereocenters. The molecule has 0 aliphatic heterocycles. The number of hydrogen-bond acceptors (Lipinski definition) is 4. The maximum Gasteiger partial charge on any atom is 0.276 e. The fourth-order valence-corrected chi connectivity index (χ4v) is 3.73. The molecule has 4 rings (SSSR count). The van der Waals surface area contributed by atoms with Crippen LogP contribution in [0.2, 0.25) is 10.0 Å². The van der Waals surface area contributed by atoms with Gasteiger partial charge in [-0.15, -0.1) is 10.2 Å². The molecule has 0 saturated carbocycles. The molecule has 0 N–H and O–H groups in total. The molecule has 0 radical (unpaired) electrons. The molecular formula is C17H9Cl2N3OS. The highest BCUT2D eigenvalue weighted by molar-refractivity contribution is 7.15. The summed E-state index contributed by atoms with van der Waals surface area (Å²) in [5.74, 6) is 0.440. The standard InChI is InChI=1S/C17H9Cl2N3OS/c18-12-7-3-1-5-10(12)9-14-16(23)22-15(20-21-17(22)24-14)11-6-2-4-8-13(11)19/h1-9H. The van der Waals surface area contributed by atoms with Gasteiger partial charge in [0, 0.05) is 10.6 Å². The van der Waals surface area contributed by atoms with Gasteiger partial charge in [-0.1, -0.05) is 64.9 Å². The van der Waals surface area contributed by atoms with Crippen molar-refractivity contribution in [2.75, 3.05) is 0 Å².